The molecule has 1 aromatic rings. The SMILES string of the molecule is CCC(C)(CC)[SiH](C)c1ccccc1. The highest BCUT2D eigenvalue weighted by atomic mass is 28.3. The van der Waals surface area contributed by atoms with E-state index in [1.54, 1.807) is 5.19 Å². The van der Waals surface area contributed by atoms with E-state index in [4.69, 9.17) is 0 Å². The lowest BCUT2D eigenvalue weighted by molar-refractivity contribution is 0.557. The second-order valence-electron chi connectivity index (χ2n) is 4.49. The third kappa shape index (κ3) is 2.27. The Kier molecular flexibility index (Phi) is 3.94. The fraction of sp³-hybridized carbons (Fsp3) is 0.538. The first-order valence-corrected chi connectivity index (χ1v) is 8.00. The van der Waals surface area contributed by atoms with Gasteiger partial charge in [-0.25, -0.2) is 0 Å². The van der Waals surface area contributed by atoms with Gasteiger partial charge >= 0.3 is 0 Å². The zero-order chi connectivity index (χ0) is 10.6. The van der Waals surface area contributed by atoms with Crippen LogP contribution in [0.2, 0.25) is 11.6 Å². The molecule has 0 heterocycles. The smallest absolute Gasteiger partial charge is 0.0676 e. The summed E-state index contributed by atoms with van der Waals surface area (Å²) in [6, 6.07) is 11.1. The minimum Gasteiger partial charge on any atom is -0.0676 e. The quantitative estimate of drug-likeness (QED) is 0.663. The number of rotatable bonds is 4. The van der Waals surface area contributed by atoms with Crippen molar-refractivity contribution in [3.8, 4) is 0 Å². The second-order valence-corrected chi connectivity index (χ2v) is 8.00. The maximum Gasteiger partial charge on any atom is 0.0736 e. The maximum absolute atomic E-state index is 2.49. The summed E-state index contributed by atoms with van der Waals surface area (Å²) in [6.45, 7) is 9.60. The highest BCUT2D eigenvalue weighted by Gasteiger charge is 2.29. The molecule has 0 aliphatic carbocycles. The predicted molar refractivity (Wildman–Crippen MR) is 68.0 cm³/mol. The van der Waals surface area contributed by atoms with Crippen LogP contribution < -0.4 is 5.19 Å². The van der Waals surface area contributed by atoms with Crippen molar-refractivity contribution < 1.29 is 0 Å². The molecule has 0 radical (unpaired) electrons. The van der Waals surface area contributed by atoms with E-state index in [1.165, 1.54) is 12.8 Å². The van der Waals surface area contributed by atoms with Crippen molar-refractivity contribution in [3.63, 3.8) is 0 Å². The van der Waals surface area contributed by atoms with Gasteiger partial charge in [-0.05, 0) is 5.04 Å². The highest BCUT2D eigenvalue weighted by molar-refractivity contribution is 6.74. The first-order chi connectivity index (χ1) is 6.64. The van der Waals surface area contributed by atoms with Gasteiger partial charge in [-0.15, -0.1) is 0 Å². The van der Waals surface area contributed by atoms with E-state index < -0.39 is 8.80 Å². The molecule has 0 amide bonds. The Morgan fingerprint density at radius 3 is 2.00 bits per heavy atom. The molecule has 0 bridgehead atoms. The van der Waals surface area contributed by atoms with E-state index in [0.717, 1.165) is 0 Å². The lowest BCUT2D eigenvalue weighted by atomic mass is 10.1. The molecule has 0 saturated heterocycles. The van der Waals surface area contributed by atoms with Gasteiger partial charge in [0.1, 0.15) is 0 Å². The van der Waals surface area contributed by atoms with Gasteiger partial charge in [0.15, 0.2) is 0 Å². The molecular weight excluding hydrogens is 184 g/mol. The third-order valence-electron chi connectivity index (χ3n) is 3.96. The minimum absolute atomic E-state index is 0.585. The Balaban J connectivity index is 2.89. The highest BCUT2D eigenvalue weighted by Crippen LogP contribution is 2.36. The molecule has 78 valence electrons. The Hall–Kier alpha value is -0.563. The standard InChI is InChI=1S/C13H22Si/c1-5-13(3,6-2)14(4)12-10-8-7-9-11-12/h7-11,14H,5-6H2,1-4H3. The molecule has 0 aliphatic rings. The summed E-state index contributed by atoms with van der Waals surface area (Å²) in [5.74, 6) is 0. The van der Waals surface area contributed by atoms with Gasteiger partial charge in [0.25, 0.3) is 0 Å². The number of benzene rings is 1. The fourth-order valence-corrected chi connectivity index (χ4v) is 4.84. The van der Waals surface area contributed by atoms with Gasteiger partial charge in [0.05, 0.1) is 8.80 Å². The van der Waals surface area contributed by atoms with Gasteiger partial charge in [0, 0.05) is 0 Å². The van der Waals surface area contributed by atoms with Crippen LogP contribution >= 0.6 is 0 Å². The van der Waals surface area contributed by atoms with Crippen LogP contribution in [-0.4, -0.2) is 8.80 Å². The van der Waals surface area contributed by atoms with E-state index in [2.05, 4.69) is 57.7 Å². The Bertz CT molecular complexity index is 262. The largest absolute Gasteiger partial charge is 0.0736 e. The summed E-state index contributed by atoms with van der Waals surface area (Å²) < 4.78 is 0. The molecule has 0 aliphatic heterocycles. The van der Waals surface area contributed by atoms with Gasteiger partial charge in [-0.3, -0.25) is 0 Å². The summed E-state index contributed by atoms with van der Waals surface area (Å²) in [7, 11) is -0.790. The van der Waals surface area contributed by atoms with Crippen molar-refractivity contribution in [1.29, 1.82) is 0 Å². The van der Waals surface area contributed by atoms with E-state index >= 15 is 0 Å². The molecule has 1 unspecified atom stereocenters. The van der Waals surface area contributed by atoms with Crippen molar-refractivity contribution in [1.82, 2.24) is 0 Å². The molecule has 0 nitrogen and oxygen atoms in total. The van der Waals surface area contributed by atoms with Crippen LogP contribution in [0.4, 0.5) is 0 Å². The maximum atomic E-state index is 2.49. The predicted octanol–water partition coefficient (Wildman–Crippen LogP) is 3.33. The zero-order valence-corrected chi connectivity index (χ0v) is 11.0. The van der Waals surface area contributed by atoms with Crippen molar-refractivity contribution >= 4 is 14.0 Å². The first kappa shape index (κ1) is 11.5. The Morgan fingerprint density at radius 2 is 1.57 bits per heavy atom. The Labute approximate surface area is 90.0 Å². The van der Waals surface area contributed by atoms with E-state index in [1.807, 2.05) is 0 Å². The summed E-state index contributed by atoms with van der Waals surface area (Å²) >= 11 is 0. The summed E-state index contributed by atoms with van der Waals surface area (Å²) in [4.78, 5) is 0. The average Bonchev–Trinajstić information content (AvgIpc) is 2.28. The molecule has 0 N–H and O–H groups in total. The van der Waals surface area contributed by atoms with Crippen molar-refractivity contribution in [2.45, 2.75) is 45.2 Å². The molecule has 1 atom stereocenters. The lowest BCUT2D eigenvalue weighted by Crippen LogP contribution is -2.38. The lowest BCUT2D eigenvalue weighted by Gasteiger charge is -2.33. The van der Waals surface area contributed by atoms with Crippen LogP contribution in [0.3, 0.4) is 0 Å². The topological polar surface area (TPSA) is 0 Å². The van der Waals surface area contributed by atoms with Gasteiger partial charge in [-0.2, -0.15) is 0 Å². The molecule has 1 aromatic carbocycles. The van der Waals surface area contributed by atoms with Crippen molar-refractivity contribution in [2.24, 2.45) is 0 Å². The van der Waals surface area contributed by atoms with E-state index in [9.17, 15) is 0 Å². The first-order valence-electron chi connectivity index (χ1n) is 5.69. The molecule has 0 spiro atoms. The molecule has 0 aromatic heterocycles. The summed E-state index contributed by atoms with van der Waals surface area (Å²) in [5, 5.41) is 2.19. The molecule has 14 heavy (non-hydrogen) atoms. The molecule has 1 heteroatoms. The molecule has 0 saturated carbocycles. The summed E-state index contributed by atoms with van der Waals surface area (Å²) in [6.07, 6.45) is 2.62. The molecule has 1 rings (SSSR count). The van der Waals surface area contributed by atoms with Crippen LogP contribution in [0.25, 0.3) is 0 Å². The number of hydrogen-bond acceptors (Lipinski definition) is 0. The van der Waals surface area contributed by atoms with Crippen LogP contribution in [-0.2, 0) is 0 Å². The minimum atomic E-state index is -0.790. The number of hydrogen-bond donors (Lipinski definition) is 0. The third-order valence-corrected chi connectivity index (χ3v) is 8.25. The second kappa shape index (κ2) is 4.79. The monoisotopic (exact) mass is 206 g/mol. The van der Waals surface area contributed by atoms with Gasteiger partial charge in [0.2, 0.25) is 0 Å². The molecular formula is C13H22Si. The van der Waals surface area contributed by atoms with Crippen LogP contribution in [0.15, 0.2) is 30.3 Å². The average molecular weight is 206 g/mol. The molecule has 0 fully saturated rings. The zero-order valence-electron chi connectivity index (χ0n) is 9.88. The van der Waals surface area contributed by atoms with E-state index in [0.29, 0.717) is 5.04 Å². The Morgan fingerprint density at radius 1 is 1.07 bits per heavy atom. The van der Waals surface area contributed by atoms with E-state index in [-0.39, 0.29) is 0 Å². The van der Waals surface area contributed by atoms with Crippen LogP contribution in [0.5, 0.6) is 0 Å². The van der Waals surface area contributed by atoms with Crippen molar-refractivity contribution in [3.05, 3.63) is 30.3 Å². The van der Waals surface area contributed by atoms with Gasteiger partial charge in [-0.1, -0.05) is 75.7 Å². The fourth-order valence-electron chi connectivity index (χ4n) is 2.01. The summed E-state index contributed by atoms with van der Waals surface area (Å²) in [5.41, 5.74) is 0. The normalized spacial score (nSPS) is 14.0. The van der Waals surface area contributed by atoms with Gasteiger partial charge < -0.3 is 0 Å². The van der Waals surface area contributed by atoms with Crippen LogP contribution in [0, 0.1) is 0 Å². The van der Waals surface area contributed by atoms with Crippen LogP contribution in [0.1, 0.15) is 33.6 Å². The van der Waals surface area contributed by atoms with Crippen molar-refractivity contribution in [2.75, 3.05) is 0 Å².